The Balaban J connectivity index is 0.000000168. The molecule has 2 unspecified atom stereocenters. The molecule has 18 nitrogen and oxygen atoms in total. The van der Waals surface area contributed by atoms with Gasteiger partial charge in [-0.1, -0.05) is 36.4 Å². The Kier molecular flexibility index (Phi) is 13.4. The van der Waals surface area contributed by atoms with Crippen LogP contribution in [0.2, 0.25) is 0 Å². The number of aromatic nitrogens is 8. The van der Waals surface area contributed by atoms with Gasteiger partial charge in [0.25, 0.3) is 0 Å². The van der Waals surface area contributed by atoms with E-state index >= 15 is 0 Å². The van der Waals surface area contributed by atoms with E-state index in [2.05, 4.69) is 61.7 Å². The van der Waals surface area contributed by atoms with Crippen LogP contribution in [-0.4, -0.2) is 76.4 Å². The van der Waals surface area contributed by atoms with Gasteiger partial charge in [0.05, 0.1) is 0 Å². The van der Waals surface area contributed by atoms with Crippen LogP contribution < -0.4 is 41.5 Å². The van der Waals surface area contributed by atoms with E-state index in [1.54, 1.807) is 0 Å². The zero-order valence-corrected chi connectivity index (χ0v) is 40.9. The summed E-state index contributed by atoms with van der Waals surface area (Å²) in [6.07, 6.45) is 11.2. The second-order valence-electron chi connectivity index (χ2n) is 17.3. The summed E-state index contributed by atoms with van der Waals surface area (Å²) in [4.78, 5) is 41.1. The maximum absolute atomic E-state index is 12.5. The maximum atomic E-state index is 12.5. The third kappa shape index (κ3) is 10.2. The summed E-state index contributed by atoms with van der Waals surface area (Å²) in [5.74, 6) is 4.60. The summed E-state index contributed by atoms with van der Waals surface area (Å²) < 4.78 is 33.4. The van der Waals surface area contributed by atoms with Gasteiger partial charge in [0, 0.05) is 43.9 Å². The summed E-state index contributed by atoms with van der Waals surface area (Å²) >= 11 is 10.3. The highest BCUT2D eigenvalue weighted by Gasteiger charge is 2.31. The van der Waals surface area contributed by atoms with Crippen molar-refractivity contribution >= 4 is 95.4 Å². The Morgan fingerprint density at radius 3 is 1.66 bits per heavy atom. The van der Waals surface area contributed by atoms with Crippen LogP contribution in [0.25, 0.3) is 22.3 Å². The number of benzene rings is 2. The zero-order chi connectivity index (χ0) is 45.4. The van der Waals surface area contributed by atoms with E-state index in [4.69, 9.17) is 50.9 Å². The summed E-state index contributed by atoms with van der Waals surface area (Å²) in [7, 11) is 0. The zero-order valence-electron chi connectivity index (χ0n) is 36.1. The maximum Gasteiger partial charge on any atom is 0.407 e. The van der Waals surface area contributed by atoms with Crippen LogP contribution in [0.5, 0.6) is 23.0 Å². The van der Waals surface area contributed by atoms with Crippen molar-refractivity contribution in [3.63, 3.8) is 0 Å². The molecule has 10 rings (SSSR count). The fourth-order valence-electron chi connectivity index (χ4n) is 7.95. The van der Waals surface area contributed by atoms with Gasteiger partial charge in [0.1, 0.15) is 18.3 Å². The molecular weight excluding hydrogens is 1000 g/mol. The number of hydrogen-bond donors (Lipinski definition) is 4. The number of ether oxygens (including phenoxy) is 5. The standard InChI is InChI=1S/C24H29BrN6O4S.C19H21BrN6O2S/c1-24(2,3)35-23(32)29-15(13-5-4-6-13)7-8-31-21-19(20(26)27-11-28-21)30-22(31)36-18-10-17-16(9-14(18)25)33-12-34-17;20-11-6-13-14(28-9-27-13)7-15(11)29-19-25-16-17(22)23-8-24-18(16)26(19)5-4-12(21)10-2-1-3-10/h9-11,13,15H,4-8,12H2,1-3H3,(H,29,32)(H2,26,27,28);6-8,10,12H,1-5,9,21H2,(H2,22,23,24). The molecule has 6 aromatic rings. The normalized spacial score (nSPS) is 16.5. The van der Waals surface area contributed by atoms with Gasteiger partial charge in [-0.2, -0.15) is 0 Å². The van der Waals surface area contributed by atoms with E-state index in [0.717, 1.165) is 72.0 Å². The van der Waals surface area contributed by atoms with Gasteiger partial charge >= 0.3 is 6.09 Å². The van der Waals surface area contributed by atoms with Crippen molar-refractivity contribution < 1.29 is 28.5 Å². The fraction of sp³-hybridized carbons (Fsp3) is 0.465. The third-order valence-corrected chi connectivity index (χ3v) is 15.8. The van der Waals surface area contributed by atoms with Crippen molar-refractivity contribution in [2.75, 3.05) is 25.1 Å². The number of nitrogens with zero attached hydrogens (tertiary/aromatic N) is 8. The molecule has 2 fully saturated rings. The smallest absolute Gasteiger partial charge is 0.407 e. The van der Waals surface area contributed by atoms with Crippen LogP contribution in [-0.2, 0) is 17.8 Å². The number of fused-ring (bicyclic) bond motifs is 4. The van der Waals surface area contributed by atoms with E-state index in [-0.39, 0.29) is 31.8 Å². The molecule has 0 radical (unpaired) electrons. The number of rotatable bonds is 13. The number of carbonyl (C=O) groups excluding carboxylic acids is 1. The highest BCUT2D eigenvalue weighted by atomic mass is 79.9. The highest BCUT2D eigenvalue weighted by Crippen LogP contribution is 2.45. The van der Waals surface area contributed by atoms with Gasteiger partial charge in [-0.05, 0) is 127 Å². The molecule has 2 atom stereocenters. The lowest BCUT2D eigenvalue weighted by Crippen LogP contribution is -2.45. The molecule has 7 N–H and O–H groups in total. The molecule has 22 heteroatoms. The second-order valence-corrected chi connectivity index (χ2v) is 21.0. The minimum atomic E-state index is -0.551. The predicted octanol–water partition coefficient (Wildman–Crippen LogP) is 8.70. The SMILES string of the molecule is CC(C)(C)OC(=O)NC(CCn1c(Sc2cc3c(cc2Br)OCO3)nc2c(N)ncnc21)C1CCC1.Nc1ncnc2c1nc(Sc1cc3c(cc1Br)OCO3)n2CCC(N)C1CCC1. The number of aryl methyl sites for hydroxylation is 2. The van der Waals surface area contributed by atoms with E-state index < -0.39 is 5.60 Å². The lowest BCUT2D eigenvalue weighted by Gasteiger charge is -2.35. The van der Waals surface area contributed by atoms with Gasteiger partial charge in [-0.3, -0.25) is 0 Å². The number of halogens is 2. The molecule has 344 valence electrons. The first-order valence-corrected chi connectivity index (χ1v) is 24.7. The topological polar surface area (TPSA) is 241 Å². The van der Waals surface area contributed by atoms with Gasteiger partial charge in [0.2, 0.25) is 13.6 Å². The van der Waals surface area contributed by atoms with Crippen molar-refractivity contribution in [3.8, 4) is 23.0 Å². The minimum absolute atomic E-state index is 0.0136. The van der Waals surface area contributed by atoms with E-state index in [1.165, 1.54) is 61.9 Å². The molecule has 0 saturated heterocycles. The number of anilines is 2. The highest BCUT2D eigenvalue weighted by molar-refractivity contribution is 9.10. The molecule has 6 heterocycles. The van der Waals surface area contributed by atoms with Gasteiger partial charge < -0.3 is 55.3 Å². The molecule has 1 amide bonds. The van der Waals surface area contributed by atoms with E-state index in [0.29, 0.717) is 64.6 Å². The van der Waals surface area contributed by atoms with Crippen LogP contribution in [0.15, 0.2) is 66.0 Å². The minimum Gasteiger partial charge on any atom is -0.454 e. The molecule has 2 aliphatic carbocycles. The second kappa shape index (κ2) is 19.2. The number of hydrogen-bond acceptors (Lipinski definition) is 17. The average molecular weight is 1050 g/mol. The largest absolute Gasteiger partial charge is 0.454 e. The number of carbonyl (C=O) groups is 1. The van der Waals surface area contributed by atoms with E-state index in [1.807, 2.05) is 49.6 Å². The first-order chi connectivity index (χ1) is 31.3. The lowest BCUT2D eigenvalue weighted by atomic mass is 9.78. The number of imidazole rings is 2. The summed E-state index contributed by atoms with van der Waals surface area (Å²) in [5.41, 5.74) is 20.6. The summed E-state index contributed by atoms with van der Waals surface area (Å²) in [6, 6.07) is 7.87. The van der Waals surface area contributed by atoms with Gasteiger partial charge in [0.15, 0.2) is 67.3 Å². The molecule has 4 aliphatic rings. The number of amides is 1. The summed E-state index contributed by atoms with van der Waals surface area (Å²) in [5, 5.41) is 4.63. The Bertz CT molecular complexity index is 2730. The number of nitrogen functional groups attached to an aromatic ring is 2. The van der Waals surface area contributed by atoms with Crippen molar-refractivity contribution in [2.24, 2.45) is 17.6 Å². The molecular formula is C43H50Br2N12O6S2. The Hall–Kier alpha value is -4.77. The van der Waals surface area contributed by atoms with Crippen molar-refractivity contribution in [1.82, 2.24) is 44.4 Å². The van der Waals surface area contributed by atoms with Crippen molar-refractivity contribution in [2.45, 2.75) is 123 Å². The molecule has 2 saturated carbocycles. The molecule has 65 heavy (non-hydrogen) atoms. The van der Waals surface area contributed by atoms with Crippen molar-refractivity contribution in [1.29, 1.82) is 0 Å². The van der Waals surface area contributed by atoms with Crippen LogP contribution >= 0.6 is 55.4 Å². The Morgan fingerprint density at radius 1 is 0.754 bits per heavy atom. The van der Waals surface area contributed by atoms with Crippen LogP contribution in [0, 0.1) is 11.8 Å². The molecule has 4 aromatic heterocycles. The first kappa shape index (κ1) is 45.4. The third-order valence-electron chi connectivity index (χ3n) is 11.8. The number of nitrogens with two attached hydrogens (primary N) is 3. The van der Waals surface area contributed by atoms with Crippen LogP contribution in [0.4, 0.5) is 16.4 Å². The Labute approximate surface area is 400 Å². The van der Waals surface area contributed by atoms with Gasteiger partial charge in [-0.25, -0.2) is 34.7 Å². The molecule has 0 spiro atoms. The summed E-state index contributed by atoms with van der Waals surface area (Å²) in [6.45, 7) is 7.36. The monoisotopic (exact) mass is 1050 g/mol. The van der Waals surface area contributed by atoms with Crippen LogP contribution in [0.1, 0.15) is 72.1 Å². The lowest BCUT2D eigenvalue weighted by molar-refractivity contribution is 0.0458. The van der Waals surface area contributed by atoms with Crippen LogP contribution in [0.3, 0.4) is 0 Å². The molecule has 2 aliphatic heterocycles. The average Bonchev–Trinajstić information content (AvgIpc) is 4.01. The predicted molar refractivity (Wildman–Crippen MR) is 253 cm³/mol. The fourth-order valence-corrected chi connectivity index (χ4v) is 11.0. The Morgan fingerprint density at radius 2 is 1.22 bits per heavy atom. The van der Waals surface area contributed by atoms with Crippen molar-refractivity contribution in [3.05, 3.63) is 45.9 Å². The van der Waals surface area contributed by atoms with E-state index in [9.17, 15) is 4.79 Å². The number of nitrogens with one attached hydrogen (secondary N) is 1. The quantitative estimate of drug-likeness (QED) is 0.0845. The number of alkyl carbamates (subject to hydrolysis) is 1. The first-order valence-electron chi connectivity index (χ1n) is 21.5. The van der Waals surface area contributed by atoms with Gasteiger partial charge in [-0.15, -0.1) is 0 Å². The molecule has 0 bridgehead atoms. The molecule has 2 aromatic carbocycles.